The lowest BCUT2D eigenvalue weighted by Gasteiger charge is -2.13. The Morgan fingerprint density at radius 1 is 1.46 bits per heavy atom. The maximum Gasteiger partial charge on any atom is 0.305 e. The number of benzene rings is 1. The molecule has 1 heterocycles. The molecular weight excluding hydrogens is 346 g/mol. The average Bonchev–Trinajstić information content (AvgIpc) is 2.80. The lowest BCUT2D eigenvalue weighted by atomic mass is 10.2. The molecule has 0 radical (unpaired) electrons. The number of hydrogen-bond donors (Lipinski definition) is 1. The number of thiocarbonyl (C=S) groups is 1. The zero-order valence-corrected chi connectivity index (χ0v) is 15.0. The van der Waals surface area contributed by atoms with Gasteiger partial charge in [-0.15, -0.1) is 0 Å². The Balaban J connectivity index is 1.93. The first-order chi connectivity index (χ1) is 11.5. The predicted octanol–water partition coefficient (Wildman–Crippen LogP) is 3.33. The molecular formula is C17H19NO4S2. The zero-order valence-electron chi connectivity index (χ0n) is 13.4. The molecule has 2 rings (SSSR count). The van der Waals surface area contributed by atoms with Crippen LogP contribution in [0.3, 0.4) is 0 Å². The van der Waals surface area contributed by atoms with Crippen LogP contribution in [-0.2, 0) is 14.3 Å². The summed E-state index contributed by atoms with van der Waals surface area (Å²) in [5.74, 6) is -0.280. The number of carbonyl (C=O) groups excluding carboxylic acids is 2. The summed E-state index contributed by atoms with van der Waals surface area (Å²) in [7, 11) is 0. The molecule has 1 aromatic carbocycles. The SMILES string of the molecule is CCCOC(=O)CCCN1C(=O)/C(=C\c2cccc(O)c2)SC1=S. The third-order valence-corrected chi connectivity index (χ3v) is 4.65. The highest BCUT2D eigenvalue weighted by Gasteiger charge is 2.31. The Kier molecular flexibility index (Phi) is 6.81. The van der Waals surface area contributed by atoms with Crippen molar-refractivity contribution in [1.82, 2.24) is 4.90 Å². The number of hydrogen-bond acceptors (Lipinski definition) is 6. The molecule has 1 N–H and O–H groups in total. The Labute approximate surface area is 150 Å². The highest BCUT2D eigenvalue weighted by molar-refractivity contribution is 8.26. The van der Waals surface area contributed by atoms with Crippen molar-refractivity contribution in [1.29, 1.82) is 0 Å². The molecule has 1 aliphatic heterocycles. The number of rotatable bonds is 7. The summed E-state index contributed by atoms with van der Waals surface area (Å²) in [5.41, 5.74) is 0.735. The molecule has 1 aliphatic rings. The van der Waals surface area contributed by atoms with E-state index in [2.05, 4.69) is 0 Å². The minimum atomic E-state index is -0.252. The standard InChI is InChI=1S/C17H19NO4S2/c1-2-9-22-15(20)7-4-8-18-16(21)14(24-17(18)23)11-12-5-3-6-13(19)10-12/h3,5-6,10-11,19H,2,4,7-9H2,1H3/b14-11+. The van der Waals surface area contributed by atoms with E-state index in [1.54, 1.807) is 30.3 Å². The number of aromatic hydroxyl groups is 1. The van der Waals surface area contributed by atoms with E-state index in [4.69, 9.17) is 17.0 Å². The second kappa shape index (κ2) is 8.84. The van der Waals surface area contributed by atoms with Crippen LogP contribution in [0.15, 0.2) is 29.2 Å². The van der Waals surface area contributed by atoms with E-state index >= 15 is 0 Å². The Bertz CT molecular complexity index is 672. The fourth-order valence-corrected chi connectivity index (χ4v) is 3.44. The van der Waals surface area contributed by atoms with Gasteiger partial charge >= 0.3 is 5.97 Å². The quantitative estimate of drug-likeness (QED) is 0.454. The number of phenolic OH excluding ortho intramolecular Hbond substituents is 1. The molecule has 128 valence electrons. The molecule has 1 aromatic rings. The van der Waals surface area contributed by atoms with Gasteiger partial charge in [0.15, 0.2) is 0 Å². The minimum Gasteiger partial charge on any atom is -0.508 e. The van der Waals surface area contributed by atoms with Crippen LogP contribution in [-0.4, -0.2) is 39.4 Å². The van der Waals surface area contributed by atoms with Crippen molar-refractivity contribution in [2.75, 3.05) is 13.2 Å². The van der Waals surface area contributed by atoms with E-state index in [0.717, 1.165) is 12.0 Å². The molecule has 0 aliphatic carbocycles. The molecule has 0 atom stereocenters. The van der Waals surface area contributed by atoms with E-state index in [1.807, 2.05) is 6.92 Å². The van der Waals surface area contributed by atoms with Gasteiger partial charge in [-0.2, -0.15) is 0 Å². The lowest BCUT2D eigenvalue weighted by Crippen LogP contribution is -2.29. The number of thioether (sulfide) groups is 1. The van der Waals surface area contributed by atoms with Crippen LogP contribution < -0.4 is 0 Å². The zero-order chi connectivity index (χ0) is 17.5. The average molecular weight is 365 g/mol. The molecule has 0 bridgehead atoms. The van der Waals surface area contributed by atoms with Crippen molar-refractivity contribution < 1.29 is 19.4 Å². The van der Waals surface area contributed by atoms with Crippen LogP contribution in [0.25, 0.3) is 6.08 Å². The van der Waals surface area contributed by atoms with Gasteiger partial charge in [0.1, 0.15) is 10.1 Å². The molecule has 1 fully saturated rings. The van der Waals surface area contributed by atoms with Crippen LogP contribution >= 0.6 is 24.0 Å². The van der Waals surface area contributed by atoms with Gasteiger partial charge in [-0.3, -0.25) is 14.5 Å². The van der Waals surface area contributed by atoms with Gasteiger partial charge in [-0.1, -0.05) is 43.0 Å². The highest BCUT2D eigenvalue weighted by atomic mass is 32.2. The van der Waals surface area contributed by atoms with Crippen molar-refractivity contribution >= 4 is 46.3 Å². The van der Waals surface area contributed by atoms with Gasteiger partial charge in [0, 0.05) is 13.0 Å². The number of nitrogens with zero attached hydrogens (tertiary/aromatic N) is 1. The lowest BCUT2D eigenvalue weighted by molar-refractivity contribution is -0.144. The largest absolute Gasteiger partial charge is 0.508 e. The van der Waals surface area contributed by atoms with E-state index < -0.39 is 0 Å². The third-order valence-electron chi connectivity index (χ3n) is 3.27. The molecule has 7 heteroatoms. The first-order valence-electron chi connectivity index (χ1n) is 7.71. The van der Waals surface area contributed by atoms with Gasteiger partial charge in [0.2, 0.25) is 0 Å². The predicted molar refractivity (Wildman–Crippen MR) is 98.5 cm³/mol. The van der Waals surface area contributed by atoms with Crippen molar-refractivity contribution in [3.05, 3.63) is 34.7 Å². The molecule has 5 nitrogen and oxygen atoms in total. The van der Waals surface area contributed by atoms with Crippen molar-refractivity contribution in [3.8, 4) is 5.75 Å². The van der Waals surface area contributed by atoms with Crippen LogP contribution in [0, 0.1) is 0 Å². The Hall–Kier alpha value is -1.86. The molecule has 1 amide bonds. The molecule has 0 saturated carbocycles. The fourth-order valence-electron chi connectivity index (χ4n) is 2.13. The molecule has 0 aromatic heterocycles. The smallest absolute Gasteiger partial charge is 0.305 e. The molecule has 24 heavy (non-hydrogen) atoms. The maximum absolute atomic E-state index is 12.4. The summed E-state index contributed by atoms with van der Waals surface area (Å²) in [6, 6.07) is 6.66. The van der Waals surface area contributed by atoms with Crippen LogP contribution in [0.5, 0.6) is 5.75 Å². The van der Waals surface area contributed by atoms with Crippen LogP contribution in [0.4, 0.5) is 0 Å². The van der Waals surface area contributed by atoms with Gasteiger partial charge in [0.25, 0.3) is 5.91 Å². The molecule has 0 spiro atoms. The number of amides is 1. The van der Waals surface area contributed by atoms with Crippen LogP contribution in [0.1, 0.15) is 31.7 Å². The van der Waals surface area contributed by atoms with Crippen molar-refractivity contribution in [3.63, 3.8) is 0 Å². The second-order valence-corrected chi connectivity index (χ2v) is 6.93. The Morgan fingerprint density at radius 3 is 2.96 bits per heavy atom. The number of carbonyl (C=O) groups is 2. The summed E-state index contributed by atoms with van der Waals surface area (Å²) < 4.78 is 5.49. The van der Waals surface area contributed by atoms with Crippen molar-refractivity contribution in [2.24, 2.45) is 0 Å². The number of esters is 1. The van der Waals surface area contributed by atoms with Gasteiger partial charge < -0.3 is 9.84 Å². The fraction of sp³-hybridized carbons (Fsp3) is 0.353. The van der Waals surface area contributed by atoms with Crippen LogP contribution in [0.2, 0.25) is 0 Å². The summed E-state index contributed by atoms with van der Waals surface area (Å²) in [6.45, 7) is 2.75. The first kappa shape index (κ1) is 18.5. The van der Waals surface area contributed by atoms with E-state index in [9.17, 15) is 14.7 Å². The normalized spacial score (nSPS) is 16.0. The number of phenols is 1. The Morgan fingerprint density at radius 2 is 2.25 bits per heavy atom. The van der Waals surface area contributed by atoms with E-state index in [-0.39, 0.29) is 24.0 Å². The summed E-state index contributed by atoms with van der Waals surface area (Å²) >= 11 is 6.47. The van der Waals surface area contributed by atoms with Gasteiger partial charge in [-0.05, 0) is 36.6 Å². The van der Waals surface area contributed by atoms with Gasteiger partial charge in [0.05, 0.1) is 11.5 Å². The first-order valence-corrected chi connectivity index (χ1v) is 8.93. The number of ether oxygens (including phenoxy) is 1. The maximum atomic E-state index is 12.4. The van der Waals surface area contributed by atoms with Crippen molar-refractivity contribution in [2.45, 2.75) is 26.2 Å². The topological polar surface area (TPSA) is 66.8 Å². The molecule has 1 saturated heterocycles. The molecule has 0 unspecified atom stereocenters. The highest BCUT2D eigenvalue weighted by Crippen LogP contribution is 2.33. The summed E-state index contributed by atoms with van der Waals surface area (Å²) in [4.78, 5) is 25.9. The van der Waals surface area contributed by atoms with E-state index in [1.165, 1.54) is 16.7 Å². The van der Waals surface area contributed by atoms with Gasteiger partial charge in [-0.25, -0.2) is 0 Å². The third kappa shape index (κ3) is 5.07. The monoisotopic (exact) mass is 365 g/mol. The second-order valence-electron chi connectivity index (χ2n) is 5.25. The summed E-state index contributed by atoms with van der Waals surface area (Å²) in [6.07, 6.45) is 3.27. The summed E-state index contributed by atoms with van der Waals surface area (Å²) in [5, 5.41) is 9.49. The van der Waals surface area contributed by atoms with E-state index in [0.29, 0.717) is 28.8 Å². The minimum absolute atomic E-state index is 0.143.